The Morgan fingerprint density at radius 3 is 2.79 bits per heavy atom. The van der Waals surface area contributed by atoms with E-state index in [1.165, 1.54) is 31.6 Å². The first-order valence-electron chi connectivity index (χ1n) is 6.80. The number of halogens is 3. The molecule has 3 aromatic heterocycles. The maximum Gasteiger partial charge on any atom is 0.418 e. The maximum absolute atomic E-state index is 13.1. The molecule has 0 bridgehead atoms. The molecular formula is C15H11F3N4O2. The van der Waals surface area contributed by atoms with Crippen LogP contribution in [0.5, 0.6) is 0 Å². The molecule has 0 fully saturated rings. The summed E-state index contributed by atoms with van der Waals surface area (Å²) in [6.45, 7) is 0.0623. The SMILES string of the molecule is COCc1nc2cc(-c3ncccc3C(F)(F)F)cnc2c(=O)[nH]1. The molecule has 24 heavy (non-hydrogen) atoms. The molecule has 9 heteroatoms. The average Bonchev–Trinajstić information content (AvgIpc) is 2.54. The number of H-pyrrole nitrogens is 1. The zero-order valence-corrected chi connectivity index (χ0v) is 12.4. The van der Waals surface area contributed by atoms with E-state index in [2.05, 4.69) is 19.9 Å². The summed E-state index contributed by atoms with van der Waals surface area (Å²) in [4.78, 5) is 26.3. The van der Waals surface area contributed by atoms with Crippen LogP contribution in [0.4, 0.5) is 13.2 Å². The first-order chi connectivity index (χ1) is 11.4. The number of aromatic nitrogens is 4. The molecule has 1 N–H and O–H groups in total. The molecule has 0 aliphatic heterocycles. The maximum atomic E-state index is 13.1. The molecule has 0 unspecified atom stereocenters. The molecule has 0 saturated heterocycles. The van der Waals surface area contributed by atoms with Gasteiger partial charge in [-0.25, -0.2) is 9.97 Å². The standard InChI is InChI=1S/C15H11F3N4O2/c1-24-7-11-21-10-5-8(6-20-13(10)14(23)22-11)12-9(15(16,17)18)3-2-4-19-12/h2-6H,7H2,1H3,(H,21,22,23). The number of hydrogen-bond donors (Lipinski definition) is 1. The fourth-order valence-electron chi connectivity index (χ4n) is 2.28. The molecule has 0 radical (unpaired) electrons. The third-order valence-electron chi connectivity index (χ3n) is 3.26. The van der Waals surface area contributed by atoms with Crippen molar-refractivity contribution in [2.24, 2.45) is 0 Å². The van der Waals surface area contributed by atoms with E-state index in [1.807, 2.05) is 0 Å². The van der Waals surface area contributed by atoms with Crippen molar-refractivity contribution in [1.29, 1.82) is 0 Å². The molecule has 3 aromatic rings. The van der Waals surface area contributed by atoms with Crippen LogP contribution < -0.4 is 5.56 Å². The lowest BCUT2D eigenvalue weighted by atomic mass is 10.1. The summed E-state index contributed by atoms with van der Waals surface area (Å²) < 4.78 is 44.3. The van der Waals surface area contributed by atoms with Crippen LogP contribution >= 0.6 is 0 Å². The summed E-state index contributed by atoms with van der Waals surface area (Å²) in [6, 6.07) is 3.50. The minimum atomic E-state index is -4.55. The number of methoxy groups -OCH3 is 1. The van der Waals surface area contributed by atoms with Gasteiger partial charge in [-0.1, -0.05) is 0 Å². The van der Waals surface area contributed by atoms with Gasteiger partial charge in [-0.3, -0.25) is 9.78 Å². The number of fused-ring (bicyclic) bond motifs is 1. The van der Waals surface area contributed by atoms with Crippen molar-refractivity contribution in [3.8, 4) is 11.3 Å². The zero-order chi connectivity index (χ0) is 17.3. The third kappa shape index (κ3) is 2.98. The van der Waals surface area contributed by atoms with Crippen LogP contribution in [-0.4, -0.2) is 27.0 Å². The molecule has 3 rings (SSSR count). The Morgan fingerprint density at radius 1 is 1.29 bits per heavy atom. The van der Waals surface area contributed by atoms with Gasteiger partial charge in [0.1, 0.15) is 12.4 Å². The molecule has 0 aliphatic carbocycles. The molecule has 0 aliphatic rings. The number of rotatable bonds is 3. The van der Waals surface area contributed by atoms with E-state index in [0.29, 0.717) is 0 Å². The van der Waals surface area contributed by atoms with Gasteiger partial charge in [-0.2, -0.15) is 13.2 Å². The van der Waals surface area contributed by atoms with Crippen molar-refractivity contribution >= 4 is 11.0 Å². The van der Waals surface area contributed by atoms with E-state index in [4.69, 9.17) is 4.74 Å². The van der Waals surface area contributed by atoms with Crippen LogP contribution in [0.25, 0.3) is 22.3 Å². The number of nitrogens with one attached hydrogen (secondary N) is 1. The van der Waals surface area contributed by atoms with Crippen molar-refractivity contribution < 1.29 is 17.9 Å². The molecular weight excluding hydrogens is 325 g/mol. The zero-order valence-electron chi connectivity index (χ0n) is 12.4. The van der Waals surface area contributed by atoms with Crippen LogP contribution in [0.3, 0.4) is 0 Å². The summed E-state index contributed by atoms with van der Waals surface area (Å²) in [5.41, 5.74) is -1.32. The number of alkyl halides is 3. The Kier molecular flexibility index (Phi) is 4.02. The van der Waals surface area contributed by atoms with Gasteiger partial charge in [0.15, 0.2) is 5.52 Å². The number of hydrogen-bond acceptors (Lipinski definition) is 5. The molecule has 0 atom stereocenters. The highest BCUT2D eigenvalue weighted by Gasteiger charge is 2.34. The second-order valence-corrected chi connectivity index (χ2v) is 4.93. The normalized spacial score (nSPS) is 11.8. The van der Waals surface area contributed by atoms with Crippen molar-refractivity contribution in [2.45, 2.75) is 12.8 Å². The molecule has 3 heterocycles. The van der Waals surface area contributed by atoms with E-state index in [-0.39, 0.29) is 34.7 Å². The van der Waals surface area contributed by atoms with E-state index < -0.39 is 17.3 Å². The smallest absolute Gasteiger partial charge is 0.377 e. The van der Waals surface area contributed by atoms with E-state index >= 15 is 0 Å². The van der Waals surface area contributed by atoms with Crippen LogP contribution in [0, 0.1) is 0 Å². The average molecular weight is 336 g/mol. The summed E-state index contributed by atoms with van der Waals surface area (Å²) >= 11 is 0. The Morgan fingerprint density at radius 2 is 2.08 bits per heavy atom. The first-order valence-corrected chi connectivity index (χ1v) is 6.80. The molecule has 0 aromatic carbocycles. The number of pyridine rings is 2. The number of ether oxygens (including phenoxy) is 1. The van der Waals surface area contributed by atoms with Crippen molar-refractivity contribution in [3.05, 3.63) is 52.3 Å². The molecule has 0 saturated carbocycles. The van der Waals surface area contributed by atoms with Gasteiger partial charge in [-0.15, -0.1) is 0 Å². The van der Waals surface area contributed by atoms with Crippen LogP contribution in [0.2, 0.25) is 0 Å². The molecule has 124 valence electrons. The lowest BCUT2D eigenvalue weighted by Crippen LogP contribution is -2.14. The van der Waals surface area contributed by atoms with Crippen LogP contribution in [0.15, 0.2) is 35.4 Å². The minimum absolute atomic E-state index is 0.0306. The Bertz CT molecular complexity index is 953. The quantitative estimate of drug-likeness (QED) is 0.795. The van der Waals surface area contributed by atoms with Crippen molar-refractivity contribution in [3.63, 3.8) is 0 Å². The predicted molar refractivity (Wildman–Crippen MR) is 79.1 cm³/mol. The summed E-state index contributed by atoms with van der Waals surface area (Å²) in [5.74, 6) is 0.256. The number of aromatic amines is 1. The van der Waals surface area contributed by atoms with Gasteiger partial charge >= 0.3 is 6.18 Å². The predicted octanol–water partition coefficient (Wildman–Crippen LogP) is 2.55. The lowest BCUT2D eigenvalue weighted by Gasteiger charge is -2.11. The highest BCUT2D eigenvalue weighted by Crippen LogP contribution is 2.35. The summed E-state index contributed by atoms with van der Waals surface area (Å²) in [7, 11) is 1.43. The van der Waals surface area contributed by atoms with Crippen LogP contribution in [-0.2, 0) is 17.5 Å². The summed E-state index contributed by atoms with van der Waals surface area (Å²) in [6.07, 6.45) is -2.12. The largest absolute Gasteiger partial charge is 0.418 e. The van der Waals surface area contributed by atoms with Gasteiger partial charge in [0, 0.05) is 25.1 Å². The fourth-order valence-corrected chi connectivity index (χ4v) is 2.28. The van der Waals surface area contributed by atoms with Gasteiger partial charge < -0.3 is 9.72 Å². The second-order valence-electron chi connectivity index (χ2n) is 4.93. The lowest BCUT2D eigenvalue weighted by molar-refractivity contribution is -0.137. The van der Waals surface area contributed by atoms with Gasteiger partial charge in [-0.05, 0) is 18.2 Å². The fraction of sp³-hybridized carbons (Fsp3) is 0.200. The van der Waals surface area contributed by atoms with Gasteiger partial charge in [0.2, 0.25) is 0 Å². The number of nitrogens with zero attached hydrogens (tertiary/aromatic N) is 3. The topological polar surface area (TPSA) is 80.8 Å². The van der Waals surface area contributed by atoms with Crippen LogP contribution in [0.1, 0.15) is 11.4 Å². The van der Waals surface area contributed by atoms with E-state index in [0.717, 1.165) is 6.07 Å². The Hall–Kier alpha value is -2.81. The van der Waals surface area contributed by atoms with Gasteiger partial charge in [0.25, 0.3) is 5.56 Å². The van der Waals surface area contributed by atoms with Crippen molar-refractivity contribution in [1.82, 2.24) is 19.9 Å². The Labute approximate surface area is 133 Å². The second kappa shape index (κ2) is 6.00. The molecule has 0 spiro atoms. The first kappa shape index (κ1) is 16.1. The van der Waals surface area contributed by atoms with Crippen molar-refractivity contribution in [2.75, 3.05) is 7.11 Å². The summed E-state index contributed by atoms with van der Waals surface area (Å²) in [5, 5.41) is 0. The highest BCUT2D eigenvalue weighted by atomic mass is 19.4. The third-order valence-corrected chi connectivity index (χ3v) is 3.26. The van der Waals surface area contributed by atoms with E-state index in [1.54, 1.807) is 0 Å². The monoisotopic (exact) mass is 336 g/mol. The minimum Gasteiger partial charge on any atom is -0.377 e. The molecule has 6 nitrogen and oxygen atoms in total. The van der Waals surface area contributed by atoms with Gasteiger partial charge in [0.05, 0.1) is 16.8 Å². The Balaban J connectivity index is 2.20. The van der Waals surface area contributed by atoms with E-state index in [9.17, 15) is 18.0 Å². The highest BCUT2D eigenvalue weighted by molar-refractivity contribution is 5.79. The molecule has 0 amide bonds.